The van der Waals surface area contributed by atoms with E-state index in [0.717, 1.165) is 12.8 Å². The molecule has 4 aliphatic heterocycles. The number of benzene rings is 4. The van der Waals surface area contributed by atoms with E-state index in [1.165, 1.54) is 49.6 Å². The van der Waals surface area contributed by atoms with Crippen molar-refractivity contribution in [3.05, 3.63) is 83.9 Å². The van der Waals surface area contributed by atoms with Gasteiger partial charge in [-0.3, -0.25) is 4.90 Å². The van der Waals surface area contributed by atoms with Crippen molar-refractivity contribution in [2.75, 3.05) is 7.11 Å². The van der Waals surface area contributed by atoms with Crippen LogP contribution in [-0.2, 0) is 14.2 Å². The quantitative estimate of drug-likeness (QED) is 0.281. The van der Waals surface area contributed by atoms with Gasteiger partial charge in [0.25, 0.3) is 0 Å². The number of methoxy groups -OCH3 is 1. The molecule has 33 heavy (non-hydrogen) atoms. The van der Waals surface area contributed by atoms with Crippen molar-refractivity contribution in [1.82, 2.24) is 4.90 Å². The number of amides is 1. The van der Waals surface area contributed by atoms with Crippen LogP contribution >= 0.6 is 23.5 Å². The summed E-state index contributed by atoms with van der Waals surface area (Å²) >= 11 is 4.01. The lowest BCUT2D eigenvalue weighted by Crippen LogP contribution is -2.46. The lowest BCUT2D eigenvalue weighted by atomic mass is 9.71. The number of nitrogens with zero attached hydrogens (tertiary/aromatic N) is 1. The molecule has 1 amide bonds. The van der Waals surface area contributed by atoms with Crippen LogP contribution in [0.15, 0.2) is 82.6 Å². The maximum Gasteiger partial charge on any atom is 0.410 e. The van der Waals surface area contributed by atoms with E-state index in [1.54, 1.807) is 0 Å². The molecule has 0 radical (unpaired) electrons. The molecule has 3 nitrogen and oxygen atoms in total. The molecule has 4 aromatic rings. The van der Waals surface area contributed by atoms with Gasteiger partial charge in [-0.2, -0.15) is 0 Å². The van der Waals surface area contributed by atoms with Gasteiger partial charge < -0.3 is 4.74 Å². The highest BCUT2D eigenvalue weighted by atomic mass is 32.2. The Bertz CT molecular complexity index is 1430. The van der Waals surface area contributed by atoms with Gasteiger partial charge >= 0.3 is 6.09 Å². The second-order valence-electron chi connectivity index (χ2n) is 9.55. The molecule has 0 N–H and O–H groups in total. The molecule has 162 valence electrons. The van der Waals surface area contributed by atoms with Crippen molar-refractivity contribution in [2.45, 2.75) is 44.2 Å². The second-order valence-corrected chi connectivity index (χ2v) is 12.1. The Hall–Kier alpha value is -2.63. The van der Waals surface area contributed by atoms with Crippen LogP contribution in [-0.4, -0.2) is 30.2 Å². The molecule has 2 saturated heterocycles. The van der Waals surface area contributed by atoms with E-state index in [4.69, 9.17) is 4.74 Å². The minimum absolute atomic E-state index is 0.130. The maximum atomic E-state index is 13.1. The fraction of sp³-hybridized carbons (Fsp3) is 0.250. The largest absolute Gasteiger partial charge is 0.453 e. The minimum Gasteiger partial charge on any atom is -0.453 e. The molecule has 2 bridgehead atoms. The van der Waals surface area contributed by atoms with E-state index in [-0.39, 0.29) is 27.7 Å². The molecule has 8 rings (SSSR count). The van der Waals surface area contributed by atoms with Crippen LogP contribution in [0, 0.1) is 0 Å². The van der Waals surface area contributed by atoms with Crippen molar-refractivity contribution in [3.8, 4) is 0 Å². The molecular weight excluding hydrogens is 446 g/mol. The maximum absolute atomic E-state index is 13.1. The fourth-order valence-electron chi connectivity index (χ4n) is 7.16. The van der Waals surface area contributed by atoms with Gasteiger partial charge in [0.1, 0.15) is 0 Å². The van der Waals surface area contributed by atoms with Gasteiger partial charge in [-0.05, 0) is 69.8 Å². The normalized spacial score (nSPS) is 30.4. The van der Waals surface area contributed by atoms with Gasteiger partial charge in [-0.1, -0.05) is 48.5 Å². The summed E-state index contributed by atoms with van der Waals surface area (Å²) < 4.78 is 4.95. The zero-order valence-electron chi connectivity index (χ0n) is 18.1. The van der Waals surface area contributed by atoms with Crippen LogP contribution in [0.5, 0.6) is 0 Å². The van der Waals surface area contributed by atoms with E-state index in [2.05, 4.69) is 77.7 Å². The first-order valence-corrected chi connectivity index (χ1v) is 13.1. The Labute approximate surface area is 200 Å². The molecule has 0 spiro atoms. The number of carbonyl (C=O) groups is 1. The van der Waals surface area contributed by atoms with Crippen LogP contribution in [0.1, 0.15) is 24.0 Å². The Balaban J connectivity index is 1.46. The highest BCUT2D eigenvalue weighted by Gasteiger charge is 2.80. The van der Waals surface area contributed by atoms with Crippen LogP contribution in [0.2, 0.25) is 0 Å². The Morgan fingerprint density at radius 1 is 0.788 bits per heavy atom. The summed E-state index contributed by atoms with van der Waals surface area (Å²) in [6.07, 6.45) is 1.87. The first kappa shape index (κ1) is 18.8. The van der Waals surface area contributed by atoms with Crippen molar-refractivity contribution in [1.29, 1.82) is 0 Å². The van der Waals surface area contributed by atoms with Gasteiger partial charge in [0, 0.05) is 9.79 Å². The van der Waals surface area contributed by atoms with Gasteiger partial charge in [0.15, 0.2) is 0 Å². The SMILES string of the molecule is COC(=O)N1C2CCC1[C@]13Sc4cc5ccccc5cc4[C@]21Sc1cc2ccccc2cc13. The van der Waals surface area contributed by atoms with E-state index in [0.29, 0.717) is 0 Å². The molecule has 2 fully saturated rings. The molecule has 0 aromatic heterocycles. The molecule has 4 aliphatic rings. The standard InChI is InChI=1S/C28H21NO2S2/c1-31-26(30)29-24-10-11-25(29)28-21-13-17-7-3-5-9-19(17)15-23(21)33-27(24,28)20-12-16-6-2-4-8-18(16)14-22(20)32-28/h2-9,12-15,24-25H,10-11H2,1H3/t24?,25?,27-,28-/m0/s1. The number of carbonyl (C=O) groups excluding carboxylic acids is 1. The monoisotopic (exact) mass is 467 g/mol. The summed E-state index contributed by atoms with van der Waals surface area (Å²) in [6, 6.07) is 27.1. The smallest absolute Gasteiger partial charge is 0.410 e. The first-order chi connectivity index (χ1) is 16.2. The molecule has 4 atom stereocenters. The van der Waals surface area contributed by atoms with E-state index < -0.39 is 0 Å². The van der Waals surface area contributed by atoms with Gasteiger partial charge in [0.2, 0.25) is 0 Å². The fourth-order valence-corrected chi connectivity index (χ4v) is 11.3. The number of ether oxygens (including phenoxy) is 1. The van der Waals surface area contributed by atoms with Crippen molar-refractivity contribution in [3.63, 3.8) is 0 Å². The molecule has 4 heterocycles. The highest BCUT2D eigenvalue weighted by Crippen LogP contribution is 2.82. The molecule has 2 unspecified atom stereocenters. The number of fused-ring (bicyclic) bond motifs is 6. The van der Waals surface area contributed by atoms with Gasteiger partial charge in [0.05, 0.1) is 28.7 Å². The van der Waals surface area contributed by atoms with Crippen LogP contribution in [0.25, 0.3) is 21.5 Å². The molecule has 0 saturated carbocycles. The summed E-state index contributed by atoms with van der Waals surface area (Å²) in [4.78, 5) is 17.9. The zero-order chi connectivity index (χ0) is 21.9. The lowest BCUT2D eigenvalue weighted by Gasteiger charge is -2.41. The third kappa shape index (κ3) is 1.98. The first-order valence-electron chi connectivity index (χ1n) is 11.5. The van der Waals surface area contributed by atoms with Crippen molar-refractivity contribution in [2.24, 2.45) is 0 Å². The van der Waals surface area contributed by atoms with Crippen molar-refractivity contribution < 1.29 is 9.53 Å². The topological polar surface area (TPSA) is 29.5 Å². The summed E-state index contributed by atoms with van der Waals surface area (Å²) in [6.45, 7) is 0. The number of hydrogen-bond acceptors (Lipinski definition) is 4. The average Bonchev–Trinajstić information content (AvgIpc) is 3.53. The number of thioether (sulfide) groups is 2. The van der Waals surface area contributed by atoms with Crippen LogP contribution < -0.4 is 0 Å². The average molecular weight is 468 g/mol. The van der Waals surface area contributed by atoms with E-state index >= 15 is 0 Å². The third-order valence-corrected chi connectivity index (χ3v) is 11.8. The third-order valence-electron chi connectivity index (χ3n) is 8.30. The lowest BCUT2D eigenvalue weighted by molar-refractivity contribution is 0.114. The predicted molar refractivity (Wildman–Crippen MR) is 134 cm³/mol. The minimum atomic E-state index is -0.187. The number of hydrogen-bond donors (Lipinski definition) is 0. The summed E-state index contributed by atoms with van der Waals surface area (Å²) in [5, 5.41) is 5.12. The van der Waals surface area contributed by atoms with Gasteiger partial charge in [-0.15, -0.1) is 23.5 Å². The van der Waals surface area contributed by atoms with E-state index in [1.807, 2.05) is 23.5 Å². The summed E-state index contributed by atoms with van der Waals surface area (Å²) in [7, 11) is 1.52. The van der Waals surface area contributed by atoms with Crippen molar-refractivity contribution >= 4 is 51.2 Å². The van der Waals surface area contributed by atoms with Crippen LogP contribution in [0.4, 0.5) is 4.79 Å². The Morgan fingerprint density at radius 2 is 1.21 bits per heavy atom. The predicted octanol–water partition coefficient (Wildman–Crippen LogP) is 6.91. The summed E-state index contributed by atoms with van der Waals surface area (Å²) in [5.41, 5.74) is 2.80. The molecule has 5 heteroatoms. The number of rotatable bonds is 0. The summed E-state index contributed by atoms with van der Waals surface area (Å²) in [5.74, 6) is 0. The second kappa shape index (κ2) is 6.08. The van der Waals surface area contributed by atoms with Gasteiger partial charge in [-0.25, -0.2) is 4.79 Å². The van der Waals surface area contributed by atoms with E-state index in [9.17, 15) is 4.79 Å². The molecule has 0 aliphatic carbocycles. The molecule has 4 aromatic carbocycles. The zero-order valence-corrected chi connectivity index (χ0v) is 19.7. The Morgan fingerprint density at radius 3 is 1.64 bits per heavy atom. The molecular formula is C28H21NO2S2. The Kier molecular flexibility index (Phi) is 3.45. The van der Waals surface area contributed by atoms with Crippen LogP contribution in [0.3, 0.4) is 0 Å². The highest BCUT2D eigenvalue weighted by molar-refractivity contribution is 8.06.